The van der Waals surface area contributed by atoms with Crippen molar-refractivity contribution in [3.05, 3.63) is 72.0 Å². The van der Waals surface area contributed by atoms with Crippen LogP contribution < -0.4 is 5.32 Å². The van der Waals surface area contributed by atoms with Crippen LogP contribution in [-0.4, -0.2) is 20.7 Å². The fraction of sp³-hybridized carbons (Fsp3) is 0.150. The molecule has 7 heteroatoms. The van der Waals surface area contributed by atoms with Gasteiger partial charge in [0.15, 0.2) is 0 Å². The van der Waals surface area contributed by atoms with Gasteiger partial charge in [-0.3, -0.25) is 4.79 Å². The standard InChI is InChI=1S/C20H17FN4O2/c1-13-23-24-20(27-13)17-11-25(18-5-3-2-4-16(17)18)12-19(26)22-10-14-6-8-15(21)9-7-14/h2-9,11H,10,12H2,1H3,(H,22,26). The van der Waals surface area contributed by atoms with E-state index in [-0.39, 0.29) is 18.3 Å². The predicted molar refractivity (Wildman–Crippen MR) is 98.2 cm³/mol. The van der Waals surface area contributed by atoms with Gasteiger partial charge in [-0.2, -0.15) is 0 Å². The molecule has 0 saturated heterocycles. The maximum Gasteiger partial charge on any atom is 0.249 e. The van der Waals surface area contributed by atoms with E-state index in [0.717, 1.165) is 22.0 Å². The van der Waals surface area contributed by atoms with Crippen molar-refractivity contribution in [3.8, 4) is 11.5 Å². The van der Waals surface area contributed by atoms with Crippen molar-refractivity contribution in [2.45, 2.75) is 20.0 Å². The van der Waals surface area contributed by atoms with E-state index in [0.29, 0.717) is 18.3 Å². The van der Waals surface area contributed by atoms with Crippen molar-refractivity contribution in [1.82, 2.24) is 20.1 Å². The van der Waals surface area contributed by atoms with Crippen LogP contribution >= 0.6 is 0 Å². The van der Waals surface area contributed by atoms with Crippen molar-refractivity contribution in [2.75, 3.05) is 0 Å². The van der Waals surface area contributed by atoms with Gasteiger partial charge in [0.25, 0.3) is 0 Å². The van der Waals surface area contributed by atoms with Crippen LogP contribution in [-0.2, 0) is 17.9 Å². The molecule has 0 fully saturated rings. The van der Waals surface area contributed by atoms with Crippen LogP contribution in [0.5, 0.6) is 0 Å². The Bertz CT molecular complexity index is 1100. The zero-order chi connectivity index (χ0) is 18.8. The van der Waals surface area contributed by atoms with Crippen LogP contribution in [0.4, 0.5) is 4.39 Å². The summed E-state index contributed by atoms with van der Waals surface area (Å²) >= 11 is 0. The number of hydrogen-bond donors (Lipinski definition) is 1. The number of aryl methyl sites for hydroxylation is 1. The van der Waals surface area contributed by atoms with Gasteiger partial charge in [-0.1, -0.05) is 30.3 Å². The van der Waals surface area contributed by atoms with Gasteiger partial charge in [0.1, 0.15) is 12.4 Å². The van der Waals surface area contributed by atoms with E-state index < -0.39 is 0 Å². The van der Waals surface area contributed by atoms with Gasteiger partial charge in [0.05, 0.1) is 5.56 Å². The highest BCUT2D eigenvalue weighted by Gasteiger charge is 2.16. The molecule has 0 saturated carbocycles. The average Bonchev–Trinajstić information content (AvgIpc) is 3.25. The first-order chi connectivity index (χ1) is 13.1. The lowest BCUT2D eigenvalue weighted by Crippen LogP contribution is -2.26. The molecule has 2 heterocycles. The number of fused-ring (bicyclic) bond motifs is 1. The number of carbonyl (C=O) groups excluding carboxylic acids is 1. The van der Waals surface area contributed by atoms with Gasteiger partial charge in [0.2, 0.25) is 17.7 Å². The minimum Gasteiger partial charge on any atom is -0.421 e. The van der Waals surface area contributed by atoms with Gasteiger partial charge in [-0.25, -0.2) is 4.39 Å². The monoisotopic (exact) mass is 364 g/mol. The topological polar surface area (TPSA) is 73.0 Å². The van der Waals surface area contributed by atoms with Gasteiger partial charge in [-0.05, 0) is 23.8 Å². The molecule has 0 spiro atoms. The Morgan fingerprint density at radius 1 is 1.15 bits per heavy atom. The number of halogens is 1. The maximum absolute atomic E-state index is 13.0. The molecule has 0 aliphatic rings. The molecule has 4 aromatic rings. The maximum atomic E-state index is 13.0. The molecule has 4 rings (SSSR count). The second-order valence-corrected chi connectivity index (χ2v) is 6.22. The van der Waals surface area contributed by atoms with Gasteiger partial charge < -0.3 is 14.3 Å². The van der Waals surface area contributed by atoms with Gasteiger partial charge in [0, 0.05) is 30.6 Å². The number of para-hydroxylation sites is 1. The van der Waals surface area contributed by atoms with Crippen LogP contribution in [0.25, 0.3) is 22.4 Å². The molecular formula is C20H17FN4O2. The van der Waals surface area contributed by atoms with Crippen LogP contribution in [0.2, 0.25) is 0 Å². The highest BCUT2D eigenvalue weighted by atomic mass is 19.1. The van der Waals surface area contributed by atoms with Crippen molar-refractivity contribution in [1.29, 1.82) is 0 Å². The zero-order valence-corrected chi connectivity index (χ0v) is 14.6. The first kappa shape index (κ1) is 17.0. The lowest BCUT2D eigenvalue weighted by molar-refractivity contribution is -0.121. The van der Waals surface area contributed by atoms with E-state index in [1.54, 1.807) is 19.1 Å². The second kappa shape index (κ2) is 7.03. The summed E-state index contributed by atoms with van der Waals surface area (Å²) in [5.41, 5.74) is 2.53. The SMILES string of the molecule is Cc1nnc(-c2cn(CC(=O)NCc3ccc(F)cc3)c3ccccc23)o1. The summed E-state index contributed by atoms with van der Waals surface area (Å²) in [6.45, 7) is 2.22. The molecule has 2 aromatic carbocycles. The number of amides is 1. The third-order valence-corrected chi connectivity index (χ3v) is 4.26. The number of hydrogen-bond acceptors (Lipinski definition) is 4. The second-order valence-electron chi connectivity index (χ2n) is 6.22. The third-order valence-electron chi connectivity index (χ3n) is 4.26. The average molecular weight is 364 g/mol. The normalized spacial score (nSPS) is 11.0. The Kier molecular flexibility index (Phi) is 4.42. The Morgan fingerprint density at radius 3 is 2.67 bits per heavy atom. The molecule has 27 heavy (non-hydrogen) atoms. The van der Waals surface area contributed by atoms with E-state index in [2.05, 4.69) is 15.5 Å². The molecule has 0 radical (unpaired) electrons. The van der Waals surface area contributed by atoms with Gasteiger partial charge in [-0.15, -0.1) is 10.2 Å². The van der Waals surface area contributed by atoms with Crippen molar-refractivity contribution in [2.24, 2.45) is 0 Å². The van der Waals surface area contributed by atoms with E-state index >= 15 is 0 Å². The first-order valence-corrected chi connectivity index (χ1v) is 8.49. The molecule has 0 aliphatic carbocycles. The summed E-state index contributed by atoms with van der Waals surface area (Å²) in [6, 6.07) is 13.8. The highest BCUT2D eigenvalue weighted by molar-refractivity contribution is 5.94. The molecule has 6 nitrogen and oxygen atoms in total. The number of nitrogens with zero attached hydrogens (tertiary/aromatic N) is 3. The van der Waals surface area contributed by atoms with Crippen LogP contribution in [0.1, 0.15) is 11.5 Å². The number of benzene rings is 2. The fourth-order valence-corrected chi connectivity index (χ4v) is 2.97. The van der Waals surface area contributed by atoms with Crippen LogP contribution in [0, 0.1) is 12.7 Å². The zero-order valence-electron chi connectivity index (χ0n) is 14.6. The minimum atomic E-state index is -0.298. The molecular weight excluding hydrogens is 347 g/mol. The lowest BCUT2D eigenvalue weighted by Gasteiger charge is -2.07. The van der Waals surface area contributed by atoms with E-state index in [1.807, 2.05) is 35.0 Å². The van der Waals surface area contributed by atoms with Crippen LogP contribution in [0.3, 0.4) is 0 Å². The van der Waals surface area contributed by atoms with Crippen molar-refractivity contribution in [3.63, 3.8) is 0 Å². The highest BCUT2D eigenvalue weighted by Crippen LogP contribution is 2.29. The molecule has 1 N–H and O–H groups in total. The summed E-state index contributed by atoms with van der Waals surface area (Å²) < 4.78 is 20.4. The number of aromatic nitrogens is 3. The Hall–Kier alpha value is -3.48. The Balaban J connectivity index is 1.55. The van der Waals surface area contributed by atoms with Crippen molar-refractivity contribution >= 4 is 16.8 Å². The molecule has 1 amide bonds. The lowest BCUT2D eigenvalue weighted by atomic mass is 10.2. The van der Waals surface area contributed by atoms with E-state index in [1.165, 1.54) is 12.1 Å². The first-order valence-electron chi connectivity index (χ1n) is 8.49. The molecule has 0 aliphatic heterocycles. The molecule has 0 unspecified atom stereocenters. The largest absolute Gasteiger partial charge is 0.421 e. The number of nitrogens with one attached hydrogen (secondary N) is 1. The number of rotatable bonds is 5. The predicted octanol–water partition coefficient (Wildman–Crippen LogP) is 3.46. The molecule has 0 atom stereocenters. The molecule has 2 aromatic heterocycles. The van der Waals surface area contributed by atoms with Crippen molar-refractivity contribution < 1.29 is 13.6 Å². The van der Waals surface area contributed by atoms with E-state index in [4.69, 9.17) is 4.42 Å². The summed E-state index contributed by atoms with van der Waals surface area (Å²) in [5.74, 6) is 0.467. The smallest absolute Gasteiger partial charge is 0.249 e. The van der Waals surface area contributed by atoms with Gasteiger partial charge >= 0.3 is 0 Å². The summed E-state index contributed by atoms with van der Waals surface area (Å²) in [4.78, 5) is 12.4. The quantitative estimate of drug-likeness (QED) is 0.589. The summed E-state index contributed by atoms with van der Waals surface area (Å²) in [7, 11) is 0. The fourth-order valence-electron chi connectivity index (χ4n) is 2.97. The molecule has 136 valence electrons. The Labute approximate surface area is 154 Å². The van der Waals surface area contributed by atoms with E-state index in [9.17, 15) is 9.18 Å². The van der Waals surface area contributed by atoms with Crippen LogP contribution in [0.15, 0.2) is 59.1 Å². The minimum absolute atomic E-state index is 0.145. The number of carbonyl (C=O) groups is 1. The summed E-state index contributed by atoms with van der Waals surface area (Å²) in [5, 5.41) is 11.7. The Morgan fingerprint density at radius 2 is 1.93 bits per heavy atom. The third kappa shape index (κ3) is 3.57. The molecule has 0 bridgehead atoms. The summed E-state index contributed by atoms with van der Waals surface area (Å²) in [6.07, 6.45) is 1.84.